The molecule has 3 heterocycles. The smallest absolute Gasteiger partial charge is 0.335 e. The van der Waals surface area contributed by atoms with E-state index >= 15 is 0 Å². The van der Waals surface area contributed by atoms with Crippen molar-refractivity contribution in [3.8, 4) is 11.5 Å². The van der Waals surface area contributed by atoms with Crippen molar-refractivity contribution < 1.29 is 24.5 Å². The number of nitrogens with zero attached hydrogens (tertiary/aromatic N) is 4. The first-order chi connectivity index (χ1) is 19.3. The maximum Gasteiger partial charge on any atom is 0.335 e. The van der Waals surface area contributed by atoms with Gasteiger partial charge >= 0.3 is 5.97 Å². The Hall–Kier alpha value is -3.99. The van der Waals surface area contributed by atoms with Crippen molar-refractivity contribution in [2.24, 2.45) is 0 Å². The molecule has 0 aliphatic carbocycles. The molecule has 0 atom stereocenters. The summed E-state index contributed by atoms with van der Waals surface area (Å²) in [4.78, 5) is 22.7. The number of hydrogen-bond donors (Lipinski definition) is 3. The molecule has 1 aliphatic heterocycles. The summed E-state index contributed by atoms with van der Waals surface area (Å²) in [6.45, 7) is 2.25. The quantitative estimate of drug-likeness (QED) is 0.212. The lowest BCUT2D eigenvalue weighted by molar-refractivity contribution is 0.0123. The number of carboxylic acid groups (broad SMARTS) is 1. The minimum atomic E-state index is -1.02. The van der Waals surface area contributed by atoms with Crippen molar-refractivity contribution in [1.29, 1.82) is 0 Å². The number of halogens is 2. The second kappa shape index (κ2) is 12.0. The summed E-state index contributed by atoms with van der Waals surface area (Å²) in [6.07, 6.45) is 3.14. The highest BCUT2D eigenvalue weighted by molar-refractivity contribution is 6.35. The number of pyridine rings is 1. The SMILES string of the molecule is CN/C=C(\O)Cn1c(CN2CC(Oc3ccnc(COc4ccc(Cl)cc4Cl)c3)C2)nc2ccc(C(=O)O)cc21. The number of likely N-dealkylation sites (tertiary alicyclic amines) is 1. The Balaban J connectivity index is 1.21. The van der Waals surface area contributed by atoms with E-state index < -0.39 is 5.97 Å². The van der Waals surface area contributed by atoms with Gasteiger partial charge < -0.3 is 29.6 Å². The van der Waals surface area contributed by atoms with Crippen molar-refractivity contribution in [2.75, 3.05) is 20.1 Å². The molecule has 3 N–H and O–H groups in total. The van der Waals surface area contributed by atoms with Gasteiger partial charge in [-0.05, 0) is 42.5 Å². The zero-order chi connectivity index (χ0) is 28.2. The molecule has 40 heavy (non-hydrogen) atoms. The topological polar surface area (TPSA) is 122 Å². The third kappa shape index (κ3) is 6.41. The van der Waals surface area contributed by atoms with Gasteiger partial charge in [-0.15, -0.1) is 0 Å². The van der Waals surface area contributed by atoms with Gasteiger partial charge in [-0.1, -0.05) is 23.2 Å². The molecule has 2 aromatic carbocycles. The number of hydrogen-bond acceptors (Lipinski definition) is 8. The molecule has 12 heteroatoms. The summed E-state index contributed by atoms with van der Waals surface area (Å²) in [5.41, 5.74) is 2.17. The Morgan fingerprint density at radius 2 is 1.98 bits per heavy atom. The van der Waals surface area contributed by atoms with E-state index in [4.69, 9.17) is 37.7 Å². The highest BCUT2D eigenvalue weighted by atomic mass is 35.5. The molecule has 0 amide bonds. The lowest BCUT2D eigenvalue weighted by atomic mass is 10.1. The molecule has 2 aromatic heterocycles. The number of aromatic nitrogens is 3. The van der Waals surface area contributed by atoms with Crippen LogP contribution in [0.1, 0.15) is 21.9 Å². The number of ether oxygens (including phenoxy) is 2. The van der Waals surface area contributed by atoms with Crippen LogP contribution in [-0.4, -0.2) is 61.9 Å². The fraction of sp³-hybridized carbons (Fsp3) is 0.250. The fourth-order valence-corrected chi connectivity index (χ4v) is 4.91. The van der Waals surface area contributed by atoms with Crippen LogP contribution in [0.3, 0.4) is 0 Å². The summed E-state index contributed by atoms with van der Waals surface area (Å²) < 4.78 is 13.8. The average molecular weight is 584 g/mol. The molecule has 1 aliphatic rings. The van der Waals surface area contributed by atoms with Gasteiger partial charge in [0, 0.05) is 43.6 Å². The van der Waals surface area contributed by atoms with E-state index in [-0.39, 0.29) is 30.6 Å². The summed E-state index contributed by atoms with van der Waals surface area (Å²) in [5.74, 6) is 1.01. The van der Waals surface area contributed by atoms with Crippen LogP contribution in [0.2, 0.25) is 10.0 Å². The van der Waals surface area contributed by atoms with Gasteiger partial charge in [-0.3, -0.25) is 9.88 Å². The van der Waals surface area contributed by atoms with Gasteiger partial charge in [0.1, 0.15) is 35.8 Å². The van der Waals surface area contributed by atoms with Gasteiger partial charge in [0.2, 0.25) is 0 Å². The van der Waals surface area contributed by atoms with Crippen LogP contribution in [0, 0.1) is 0 Å². The number of aliphatic hydroxyl groups excluding tert-OH is 1. The third-order valence-corrected chi connectivity index (χ3v) is 6.88. The Kier molecular flexibility index (Phi) is 8.29. The number of fused-ring (bicyclic) bond motifs is 1. The van der Waals surface area contributed by atoms with E-state index in [1.165, 1.54) is 12.3 Å². The van der Waals surface area contributed by atoms with Crippen molar-refractivity contribution in [2.45, 2.75) is 25.8 Å². The molecule has 4 aromatic rings. The van der Waals surface area contributed by atoms with E-state index in [1.54, 1.807) is 49.6 Å². The average Bonchev–Trinajstić information content (AvgIpc) is 3.23. The van der Waals surface area contributed by atoms with Crippen molar-refractivity contribution in [3.05, 3.63) is 93.8 Å². The zero-order valence-corrected chi connectivity index (χ0v) is 23.1. The number of allylic oxidation sites excluding steroid dienone is 1. The Labute approximate surface area is 240 Å². The van der Waals surface area contributed by atoms with E-state index in [2.05, 4.69) is 15.2 Å². The molecule has 1 saturated heterocycles. The van der Waals surface area contributed by atoms with Crippen molar-refractivity contribution in [1.82, 2.24) is 24.8 Å². The van der Waals surface area contributed by atoms with Crippen LogP contribution in [0.15, 0.2) is 66.7 Å². The van der Waals surface area contributed by atoms with Gasteiger partial charge in [0.25, 0.3) is 0 Å². The minimum Gasteiger partial charge on any atom is -0.509 e. The number of benzene rings is 2. The molecule has 0 spiro atoms. The molecular weight excluding hydrogens is 557 g/mol. The monoisotopic (exact) mass is 583 g/mol. The number of carbonyl (C=O) groups is 1. The number of rotatable bonds is 11. The van der Waals surface area contributed by atoms with Crippen molar-refractivity contribution >= 4 is 40.2 Å². The normalized spacial score (nSPS) is 14.2. The predicted octanol–water partition coefficient (Wildman–Crippen LogP) is 4.90. The fourth-order valence-electron chi connectivity index (χ4n) is 4.45. The largest absolute Gasteiger partial charge is 0.509 e. The van der Waals surface area contributed by atoms with Gasteiger partial charge in [-0.2, -0.15) is 0 Å². The second-order valence-corrected chi connectivity index (χ2v) is 10.2. The number of aromatic carboxylic acids is 1. The Bertz CT molecular complexity index is 1570. The molecule has 208 valence electrons. The zero-order valence-electron chi connectivity index (χ0n) is 21.6. The first-order valence-corrected chi connectivity index (χ1v) is 13.2. The third-order valence-electron chi connectivity index (χ3n) is 6.35. The van der Waals surface area contributed by atoms with E-state index in [1.807, 2.05) is 10.6 Å². The van der Waals surface area contributed by atoms with Gasteiger partial charge in [0.05, 0.1) is 40.4 Å². The minimum absolute atomic E-state index is 0.0177. The maximum atomic E-state index is 11.5. The van der Waals surface area contributed by atoms with E-state index in [0.29, 0.717) is 57.9 Å². The predicted molar refractivity (Wildman–Crippen MR) is 151 cm³/mol. The Morgan fingerprint density at radius 3 is 2.73 bits per heavy atom. The summed E-state index contributed by atoms with van der Waals surface area (Å²) in [7, 11) is 1.69. The van der Waals surface area contributed by atoms with E-state index in [0.717, 1.165) is 5.82 Å². The first-order valence-electron chi connectivity index (χ1n) is 12.5. The van der Waals surface area contributed by atoms with Crippen LogP contribution in [0.4, 0.5) is 0 Å². The number of imidazole rings is 1. The highest BCUT2D eigenvalue weighted by Crippen LogP contribution is 2.29. The molecular formula is C28H27Cl2N5O5. The standard InChI is InChI=1S/C28H27Cl2N5O5/c1-31-11-20(36)12-35-25-8-17(28(37)38)2-4-24(25)33-27(35)15-34-13-22(14-34)40-21-6-7-32-19(10-21)16-39-26-5-3-18(29)9-23(26)30/h2-11,22,31,36H,12-16H2,1H3,(H,37,38)/b20-11-. The lowest BCUT2D eigenvalue weighted by Gasteiger charge is -2.38. The van der Waals surface area contributed by atoms with Gasteiger partial charge in [-0.25, -0.2) is 9.78 Å². The van der Waals surface area contributed by atoms with Crippen molar-refractivity contribution in [3.63, 3.8) is 0 Å². The van der Waals surface area contributed by atoms with Crippen LogP contribution in [0.25, 0.3) is 11.0 Å². The van der Waals surface area contributed by atoms with Crippen LogP contribution < -0.4 is 14.8 Å². The summed E-state index contributed by atoms with van der Waals surface area (Å²) >= 11 is 12.1. The molecule has 0 unspecified atom stereocenters. The summed E-state index contributed by atoms with van der Waals surface area (Å²) in [5, 5.41) is 23.5. The molecule has 0 radical (unpaired) electrons. The molecule has 1 fully saturated rings. The number of nitrogens with one attached hydrogen (secondary N) is 1. The highest BCUT2D eigenvalue weighted by Gasteiger charge is 2.30. The summed E-state index contributed by atoms with van der Waals surface area (Å²) in [6, 6.07) is 13.5. The molecule has 0 saturated carbocycles. The second-order valence-electron chi connectivity index (χ2n) is 9.33. The maximum absolute atomic E-state index is 11.5. The lowest BCUT2D eigenvalue weighted by Crippen LogP contribution is -2.53. The van der Waals surface area contributed by atoms with E-state index in [9.17, 15) is 15.0 Å². The number of carboxylic acids is 1. The Morgan fingerprint density at radius 1 is 1.15 bits per heavy atom. The van der Waals surface area contributed by atoms with Gasteiger partial charge in [0.15, 0.2) is 0 Å². The molecule has 5 rings (SSSR count). The van der Waals surface area contributed by atoms with Crippen LogP contribution in [-0.2, 0) is 19.7 Å². The first kappa shape index (κ1) is 27.6. The molecule has 10 nitrogen and oxygen atoms in total. The van der Waals surface area contributed by atoms with Crippen LogP contribution >= 0.6 is 23.2 Å². The number of aliphatic hydroxyl groups is 1. The molecule has 0 bridgehead atoms. The van der Waals surface area contributed by atoms with Crippen LogP contribution in [0.5, 0.6) is 11.5 Å².